The lowest BCUT2D eigenvalue weighted by molar-refractivity contribution is -0.140. The number of hydrogen-bond donors (Lipinski definition) is 1. The highest BCUT2D eigenvalue weighted by Crippen LogP contribution is 2.61. The summed E-state index contributed by atoms with van der Waals surface area (Å²) >= 11 is 0. The summed E-state index contributed by atoms with van der Waals surface area (Å²) in [5.41, 5.74) is 0.284. The standard InChI is InChI=1S/C17H29NO3/c1-21-5-3-18(2-4-19)16(20)12-17-9-13-6-14(10-17)8-15(7-13)11-17/h13-15,19H,2-12H2,1H3. The smallest absolute Gasteiger partial charge is 0.223 e. The van der Waals surface area contributed by atoms with Crippen LogP contribution in [-0.2, 0) is 9.53 Å². The molecule has 0 atom stereocenters. The predicted molar refractivity (Wildman–Crippen MR) is 80.8 cm³/mol. The van der Waals surface area contributed by atoms with Gasteiger partial charge >= 0.3 is 0 Å². The van der Waals surface area contributed by atoms with Gasteiger partial charge in [0.25, 0.3) is 0 Å². The number of carbonyl (C=O) groups excluding carboxylic acids is 1. The molecular weight excluding hydrogens is 266 g/mol. The Labute approximate surface area is 127 Å². The summed E-state index contributed by atoms with van der Waals surface area (Å²) in [5.74, 6) is 2.88. The molecule has 4 bridgehead atoms. The number of nitrogens with zero attached hydrogens (tertiary/aromatic N) is 1. The first kappa shape index (κ1) is 15.3. The van der Waals surface area contributed by atoms with Crippen molar-refractivity contribution in [2.24, 2.45) is 23.2 Å². The molecule has 0 saturated heterocycles. The van der Waals surface area contributed by atoms with Gasteiger partial charge in [0, 0.05) is 26.6 Å². The first-order chi connectivity index (χ1) is 10.1. The Morgan fingerprint density at radius 2 is 1.71 bits per heavy atom. The summed E-state index contributed by atoms with van der Waals surface area (Å²) in [7, 11) is 1.65. The topological polar surface area (TPSA) is 49.8 Å². The molecule has 4 nitrogen and oxygen atoms in total. The molecule has 0 aromatic carbocycles. The highest BCUT2D eigenvalue weighted by Gasteiger charge is 2.51. The Morgan fingerprint density at radius 1 is 1.14 bits per heavy atom. The zero-order valence-electron chi connectivity index (χ0n) is 13.2. The molecule has 0 aromatic heterocycles. The average Bonchev–Trinajstić information content (AvgIpc) is 2.41. The Bertz CT molecular complexity index is 347. The molecule has 0 heterocycles. The number of hydrogen-bond acceptors (Lipinski definition) is 3. The summed E-state index contributed by atoms with van der Waals surface area (Å²) in [5, 5.41) is 9.18. The first-order valence-electron chi connectivity index (χ1n) is 8.52. The third kappa shape index (κ3) is 3.26. The highest BCUT2D eigenvalue weighted by molar-refractivity contribution is 5.77. The molecule has 0 aromatic rings. The molecule has 4 aliphatic carbocycles. The Balaban J connectivity index is 1.63. The van der Waals surface area contributed by atoms with E-state index in [0.29, 0.717) is 26.1 Å². The van der Waals surface area contributed by atoms with Crippen LogP contribution in [0.4, 0.5) is 0 Å². The van der Waals surface area contributed by atoms with Crippen LogP contribution in [0, 0.1) is 23.2 Å². The van der Waals surface area contributed by atoms with Crippen molar-refractivity contribution >= 4 is 5.91 Å². The molecule has 0 unspecified atom stereocenters. The van der Waals surface area contributed by atoms with E-state index in [9.17, 15) is 9.90 Å². The van der Waals surface area contributed by atoms with E-state index in [1.165, 1.54) is 38.5 Å². The van der Waals surface area contributed by atoms with Crippen molar-refractivity contribution in [3.8, 4) is 0 Å². The molecule has 4 saturated carbocycles. The normalized spacial score (nSPS) is 37.0. The van der Waals surface area contributed by atoms with E-state index in [2.05, 4.69) is 0 Å². The fourth-order valence-corrected chi connectivity index (χ4v) is 5.62. The van der Waals surface area contributed by atoms with Crippen LogP contribution in [0.25, 0.3) is 0 Å². The minimum absolute atomic E-state index is 0.0380. The van der Waals surface area contributed by atoms with Crippen LogP contribution in [0.1, 0.15) is 44.9 Å². The molecule has 4 aliphatic rings. The molecule has 4 heteroatoms. The van der Waals surface area contributed by atoms with Gasteiger partial charge in [-0.25, -0.2) is 0 Å². The molecule has 0 spiro atoms. The lowest BCUT2D eigenvalue weighted by Crippen LogP contribution is -2.49. The van der Waals surface area contributed by atoms with Gasteiger partial charge in [-0.15, -0.1) is 0 Å². The van der Waals surface area contributed by atoms with E-state index in [0.717, 1.165) is 17.8 Å². The highest BCUT2D eigenvalue weighted by atomic mass is 16.5. The largest absolute Gasteiger partial charge is 0.395 e. The molecule has 1 N–H and O–H groups in total. The second-order valence-electron chi connectivity index (χ2n) is 7.69. The molecule has 4 rings (SSSR count). The van der Waals surface area contributed by atoms with Crippen LogP contribution in [-0.4, -0.2) is 49.3 Å². The van der Waals surface area contributed by atoms with E-state index < -0.39 is 0 Å². The summed E-state index contributed by atoms with van der Waals surface area (Å²) in [6.45, 7) is 1.62. The number of aliphatic hydroxyl groups excluding tert-OH is 1. The molecule has 1 amide bonds. The van der Waals surface area contributed by atoms with E-state index >= 15 is 0 Å². The molecule has 0 aliphatic heterocycles. The maximum atomic E-state index is 12.7. The van der Waals surface area contributed by atoms with Gasteiger partial charge in [-0.05, 0) is 61.7 Å². The van der Waals surface area contributed by atoms with Crippen molar-refractivity contribution < 1.29 is 14.6 Å². The van der Waals surface area contributed by atoms with Gasteiger partial charge < -0.3 is 14.7 Å². The van der Waals surface area contributed by atoms with Gasteiger partial charge in [-0.2, -0.15) is 0 Å². The van der Waals surface area contributed by atoms with Crippen LogP contribution in [0.5, 0.6) is 0 Å². The summed E-state index contributed by atoms with van der Waals surface area (Å²) in [4.78, 5) is 14.5. The van der Waals surface area contributed by atoms with Crippen LogP contribution in [0.2, 0.25) is 0 Å². The Kier molecular flexibility index (Phi) is 4.55. The van der Waals surface area contributed by atoms with Crippen molar-refractivity contribution in [2.45, 2.75) is 44.9 Å². The zero-order valence-corrected chi connectivity index (χ0v) is 13.2. The Hall–Kier alpha value is -0.610. The number of ether oxygens (including phenoxy) is 1. The summed E-state index contributed by atoms with van der Waals surface area (Å²) < 4.78 is 5.09. The summed E-state index contributed by atoms with van der Waals surface area (Å²) in [6, 6.07) is 0. The van der Waals surface area contributed by atoms with Crippen molar-refractivity contribution in [1.82, 2.24) is 4.90 Å². The van der Waals surface area contributed by atoms with Crippen molar-refractivity contribution in [1.29, 1.82) is 0 Å². The van der Waals surface area contributed by atoms with Crippen molar-refractivity contribution in [2.75, 3.05) is 33.4 Å². The van der Waals surface area contributed by atoms with Crippen molar-refractivity contribution in [3.05, 3.63) is 0 Å². The minimum atomic E-state index is 0.0380. The van der Waals surface area contributed by atoms with Gasteiger partial charge in [0.2, 0.25) is 5.91 Å². The van der Waals surface area contributed by atoms with E-state index in [4.69, 9.17) is 4.74 Å². The monoisotopic (exact) mass is 295 g/mol. The van der Waals surface area contributed by atoms with Gasteiger partial charge in [0.15, 0.2) is 0 Å². The maximum Gasteiger partial charge on any atom is 0.223 e. The molecule has 21 heavy (non-hydrogen) atoms. The number of aliphatic hydroxyl groups is 1. The first-order valence-corrected chi connectivity index (χ1v) is 8.52. The lowest BCUT2D eigenvalue weighted by atomic mass is 9.49. The molecule has 120 valence electrons. The van der Waals surface area contributed by atoms with Crippen LogP contribution < -0.4 is 0 Å². The molecule has 0 radical (unpaired) electrons. The number of carbonyl (C=O) groups is 1. The SMILES string of the molecule is COCCN(CCO)C(=O)CC12CC3CC(CC(C3)C1)C2. The fraction of sp³-hybridized carbons (Fsp3) is 0.941. The lowest BCUT2D eigenvalue weighted by Gasteiger charge is -2.57. The fourth-order valence-electron chi connectivity index (χ4n) is 5.62. The molecular formula is C17H29NO3. The van der Waals surface area contributed by atoms with E-state index in [1.807, 2.05) is 0 Å². The van der Waals surface area contributed by atoms with E-state index in [-0.39, 0.29) is 17.9 Å². The number of rotatable bonds is 7. The average molecular weight is 295 g/mol. The van der Waals surface area contributed by atoms with Crippen molar-refractivity contribution in [3.63, 3.8) is 0 Å². The van der Waals surface area contributed by atoms with Gasteiger partial charge in [-0.3, -0.25) is 4.79 Å². The van der Waals surface area contributed by atoms with Gasteiger partial charge in [-0.1, -0.05) is 0 Å². The predicted octanol–water partition coefficient (Wildman–Crippen LogP) is 2.06. The minimum Gasteiger partial charge on any atom is -0.395 e. The third-order valence-corrected chi connectivity index (χ3v) is 5.98. The quantitative estimate of drug-likeness (QED) is 0.782. The zero-order chi connectivity index (χ0) is 14.9. The molecule has 4 fully saturated rings. The maximum absolute atomic E-state index is 12.7. The van der Waals surface area contributed by atoms with Gasteiger partial charge in [0.05, 0.1) is 13.2 Å². The third-order valence-electron chi connectivity index (χ3n) is 5.98. The Morgan fingerprint density at radius 3 is 2.19 bits per heavy atom. The van der Waals surface area contributed by atoms with E-state index in [1.54, 1.807) is 12.0 Å². The number of methoxy groups -OCH3 is 1. The number of amides is 1. The van der Waals surface area contributed by atoms with Crippen LogP contribution >= 0.6 is 0 Å². The van der Waals surface area contributed by atoms with Crippen LogP contribution in [0.3, 0.4) is 0 Å². The second-order valence-corrected chi connectivity index (χ2v) is 7.69. The van der Waals surface area contributed by atoms with Gasteiger partial charge in [0.1, 0.15) is 0 Å². The second kappa shape index (κ2) is 6.25. The van der Waals surface area contributed by atoms with Crippen LogP contribution in [0.15, 0.2) is 0 Å². The summed E-state index contributed by atoms with van der Waals surface area (Å²) in [6.07, 6.45) is 8.73.